The molecule has 0 bridgehead atoms. The molecule has 2 aromatic rings. The number of benzene rings is 1. The minimum atomic E-state index is -0.417. The van der Waals surface area contributed by atoms with E-state index in [1.165, 1.54) is 6.07 Å². The Bertz CT molecular complexity index is 529. The van der Waals surface area contributed by atoms with Crippen LogP contribution in [-0.2, 0) is 0 Å². The zero-order valence-electron chi connectivity index (χ0n) is 8.95. The second-order valence-corrected chi connectivity index (χ2v) is 4.40. The van der Waals surface area contributed by atoms with Crippen LogP contribution >= 0.6 is 15.9 Å². The maximum Gasteiger partial charge on any atom is 0.320 e. The molecular formula is C10H10BrFN4O. The number of nitrogens with zero attached hydrogens (tertiary/aromatic N) is 2. The minimum Gasteiger partial charge on any atom is -0.406 e. The lowest BCUT2D eigenvalue weighted by Crippen LogP contribution is -2.04. The van der Waals surface area contributed by atoms with Crippen molar-refractivity contribution in [2.45, 2.75) is 13.0 Å². The van der Waals surface area contributed by atoms with Crippen molar-refractivity contribution in [2.75, 3.05) is 5.32 Å². The first-order chi connectivity index (χ1) is 8.06. The third-order valence-corrected chi connectivity index (χ3v) is 2.50. The van der Waals surface area contributed by atoms with Crippen molar-refractivity contribution in [2.24, 2.45) is 5.73 Å². The van der Waals surface area contributed by atoms with Crippen LogP contribution in [0.25, 0.3) is 0 Å². The van der Waals surface area contributed by atoms with Gasteiger partial charge in [0.2, 0.25) is 5.89 Å². The maximum atomic E-state index is 13.5. The van der Waals surface area contributed by atoms with Gasteiger partial charge in [0, 0.05) is 4.47 Å². The van der Waals surface area contributed by atoms with Gasteiger partial charge in [-0.15, -0.1) is 5.10 Å². The van der Waals surface area contributed by atoms with Crippen LogP contribution < -0.4 is 11.1 Å². The van der Waals surface area contributed by atoms with Gasteiger partial charge in [0.1, 0.15) is 5.82 Å². The quantitative estimate of drug-likeness (QED) is 0.911. The molecule has 0 fully saturated rings. The molecule has 0 saturated heterocycles. The van der Waals surface area contributed by atoms with Gasteiger partial charge in [-0.25, -0.2) is 4.39 Å². The summed E-state index contributed by atoms with van der Waals surface area (Å²) in [4.78, 5) is 0. The van der Waals surface area contributed by atoms with Crippen LogP contribution in [0.2, 0.25) is 0 Å². The molecule has 0 spiro atoms. The molecule has 1 heterocycles. The summed E-state index contributed by atoms with van der Waals surface area (Å²) in [6, 6.07) is 4.36. The summed E-state index contributed by atoms with van der Waals surface area (Å²) in [5.41, 5.74) is 5.82. The Balaban J connectivity index is 2.19. The number of hydrogen-bond acceptors (Lipinski definition) is 5. The SMILES string of the molecule is CC(N)c1nnc(Nc2ccc(Br)cc2F)o1. The molecule has 2 rings (SSSR count). The largest absolute Gasteiger partial charge is 0.406 e. The fraction of sp³-hybridized carbons (Fsp3) is 0.200. The Morgan fingerprint density at radius 3 is 2.82 bits per heavy atom. The first kappa shape index (κ1) is 12.0. The molecule has 1 unspecified atom stereocenters. The van der Waals surface area contributed by atoms with Gasteiger partial charge >= 0.3 is 6.01 Å². The van der Waals surface area contributed by atoms with Gasteiger partial charge in [-0.05, 0) is 25.1 Å². The average molecular weight is 301 g/mol. The number of rotatable bonds is 3. The molecule has 0 aliphatic rings. The molecule has 0 radical (unpaired) electrons. The van der Waals surface area contributed by atoms with Crippen molar-refractivity contribution in [1.82, 2.24) is 10.2 Å². The third kappa shape index (κ3) is 2.80. The monoisotopic (exact) mass is 300 g/mol. The van der Waals surface area contributed by atoms with E-state index >= 15 is 0 Å². The first-order valence-corrected chi connectivity index (χ1v) is 5.66. The molecule has 7 heteroatoms. The van der Waals surface area contributed by atoms with Crippen molar-refractivity contribution in [3.8, 4) is 0 Å². The van der Waals surface area contributed by atoms with E-state index in [0.29, 0.717) is 10.4 Å². The predicted octanol–water partition coefficient (Wildman–Crippen LogP) is 2.73. The molecule has 0 aliphatic heterocycles. The standard InChI is InChI=1S/C10H10BrFN4O/c1-5(13)9-15-16-10(17-9)14-8-3-2-6(11)4-7(8)12/h2-5H,13H2,1H3,(H,14,16). The molecular weight excluding hydrogens is 291 g/mol. The van der Waals surface area contributed by atoms with E-state index in [2.05, 4.69) is 31.4 Å². The highest BCUT2D eigenvalue weighted by Crippen LogP contribution is 2.23. The van der Waals surface area contributed by atoms with E-state index in [1.807, 2.05) is 0 Å². The lowest BCUT2D eigenvalue weighted by atomic mass is 10.3. The molecule has 90 valence electrons. The number of halogens is 2. The van der Waals surface area contributed by atoms with Crippen LogP contribution in [-0.4, -0.2) is 10.2 Å². The zero-order chi connectivity index (χ0) is 12.4. The molecule has 5 nitrogen and oxygen atoms in total. The van der Waals surface area contributed by atoms with Crippen molar-refractivity contribution in [1.29, 1.82) is 0 Å². The fourth-order valence-corrected chi connectivity index (χ4v) is 1.51. The van der Waals surface area contributed by atoms with E-state index < -0.39 is 5.82 Å². The van der Waals surface area contributed by atoms with Crippen LogP contribution in [0.5, 0.6) is 0 Å². The van der Waals surface area contributed by atoms with Gasteiger partial charge in [-0.2, -0.15) is 0 Å². The van der Waals surface area contributed by atoms with Crippen LogP contribution in [0.15, 0.2) is 27.1 Å². The minimum absolute atomic E-state index is 0.110. The second-order valence-electron chi connectivity index (χ2n) is 3.48. The van der Waals surface area contributed by atoms with E-state index in [4.69, 9.17) is 10.2 Å². The third-order valence-electron chi connectivity index (χ3n) is 2.00. The van der Waals surface area contributed by atoms with Crippen molar-refractivity contribution < 1.29 is 8.81 Å². The highest BCUT2D eigenvalue weighted by Gasteiger charge is 2.11. The maximum absolute atomic E-state index is 13.5. The van der Waals surface area contributed by atoms with Crippen LogP contribution in [0.1, 0.15) is 18.9 Å². The van der Waals surface area contributed by atoms with Crippen molar-refractivity contribution in [3.63, 3.8) is 0 Å². The van der Waals surface area contributed by atoms with E-state index in [1.54, 1.807) is 19.1 Å². The lowest BCUT2D eigenvalue weighted by molar-refractivity contribution is 0.475. The van der Waals surface area contributed by atoms with Gasteiger partial charge in [-0.3, -0.25) is 0 Å². The number of nitrogens with one attached hydrogen (secondary N) is 1. The Labute approximate surface area is 105 Å². The highest BCUT2D eigenvalue weighted by molar-refractivity contribution is 9.10. The molecule has 1 atom stereocenters. The normalized spacial score (nSPS) is 12.5. The summed E-state index contributed by atoms with van der Waals surface area (Å²) in [5, 5.41) is 10.1. The zero-order valence-corrected chi connectivity index (χ0v) is 10.5. The van der Waals surface area contributed by atoms with Crippen LogP contribution in [0.4, 0.5) is 16.1 Å². The van der Waals surface area contributed by atoms with Crippen molar-refractivity contribution >= 4 is 27.6 Å². The number of anilines is 2. The average Bonchev–Trinajstić information content (AvgIpc) is 2.71. The Kier molecular flexibility index (Phi) is 3.39. The topological polar surface area (TPSA) is 77.0 Å². The van der Waals surface area contributed by atoms with E-state index in [0.717, 1.165) is 0 Å². The van der Waals surface area contributed by atoms with Crippen LogP contribution in [0.3, 0.4) is 0 Å². The van der Waals surface area contributed by atoms with Gasteiger partial charge < -0.3 is 15.5 Å². The number of aromatic nitrogens is 2. The van der Waals surface area contributed by atoms with Gasteiger partial charge in [0.05, 0.1) is 11.7 Å². The van der Waals surface area contributed by atoms with Gasteiger partial charge in [0.15, 0.2) is 0 Å². The summed E-state index contributed by atoms with van der Waals surface area (Å²) >= 11 is 3.17. The first-order valence-electron chi connectivity index (χ1n) is 4.87. The summed E-state index contributed by atoms with van der Waals surface area (Å²) in [5.74, 6) is -0.120. The highest BCUT2D eigenvalue weighted by atomic mass is 79.9. The Morgan fingerprint density at radius 2 is 2.24 bits per heavy atom. The molecule has 1 aromatic carbocycles. The summed E-state index contributed by atoms with van der Waals surface area (Å²) < 4.78 is 19.3. The predicted molar refractivity (Wildman–Crippen MR) is 64.3 cm³/mol. The van der Waals surface area contributed by atoms with E-state index in [-0.39, 0.29) is 17.7 Å². The molecule has 17 heavy (non-hydrogen) atoms. The lowest BCUT2D eigenvalue weighted by Gasteiger charge is -2.03. The van der Waals surface area contributed by atoms with Crippen LogP contribution in [0, 0.1) is 5.82 Å². The smallest absolute Gasteiger partial charge is 0.320 e. The number of hydrogen-bond donors (Lipinski definition) is 2. The molecule has 0 amide bonds. The molecule has 1 aromatic heterocycles. The summed E-state index contributed by atoms with van der Waals surface area (Å²) in [6.45, 7) is 1.72. The van der Waals surface area contributed by atoms with E-state index in [9.17, 15) is 4.39 Å². The number of nitrogens with two attached hydrogens (primary N) is 1. The molecule has 3 N–H and O–H groups in total. The fourth-order valence-electron chi connectivity index (χ4n) is 1.18. The second kappa shape index (κ2) is 4.80. The summed E-state index contributed by atoms with van der Waals surface area (Å²) in [7, 11) is 0. The summed E-state index contributed by atoms with van der Waals surface area (Å²) in [6.07, 6.45) is 0. The van der Waals surface area contributed by atoms with Crippen molar-refractivity contribution in [3.05, 3.63) is 34.4 Å². The molecule has 0 aliphatic carbocycles. The Morgan fingerprint density at radius 1 is 1.47 bits per heavy atom. The van der Waals surface area contributed by atoms with Gasteiger partial charge in [0.25, 0.3) is 0 Å². The van der Waals surface area contributed by atoms with Gasteiger partial charge in [-0.1, -0.05) is 21.0 Å². The Hall–Kier alpha value is -1.47. The molecule has 0 saturated carbocycles.